The first-order chi connectivity index (χ1) is 10.3. The Labute approximate surface area is 127 Å². The summed E-state index contributed by atoms with van der Waals surface area (Å²) in [5, 5.41) is 7.87. The molecule has 0 saturated heterocycles. The highest BCUT2D eigenvalue weighted by Gasteiger charge is 2.12. The van der Waals surface area contributed by atoms with Crippen LogP contribution in [0.5, 0.6) is 0 Å². The van der Waals surface area contributed by atoms with Crippen LogP contribution in [0.1, 0.15) is 11.4 Å². The standard InChI is InChI=1S/C16H14ClN3O/c1-18-14-5-3-2-4-13(14)16-19-15(20-21-16)10-11-6-8-12(17)9-7-11/h2-9,18H,10H2,1H3. The minimum Gasteiger partial charge on any atom is -0.387 e. The third kappa shape index (κ3) is 3.06. The molecule has 0 unspecified atom stereocenters. The maximum absolute atomic E-state index is 5.88. The van der Waals surface area contributed by atoms with Gasteiger partial charge in [0.25, 0.3) is 5.89 Å². The molecule has 21 heavy (non-hydrogen) atoms. The van der Waals surface area contributed by atoms with Gasteiger partial charge in [-0.15, -0.1) is 0 Å². The number of nitrogens with zero attached hydrogens (tertiary/aromatic N) is 2. The summed E-state index contributed by atoms with van der Waals surface area (Å²) in [5.41, 5.74) is 2.95. The molecule has 0 bridgehead atoms. The number of para-hydroxylation sites is 1. The zero-order chi connectivity index (χ0) is 14.7. The van der Waals surface area contributed by atoms with Crippen LogP contribution >= 0.6 is 11.6 Å². The molecule has 2 aromatic carbocycles. The van der Waals surface area contributed by atoms with Gasteiger partial charge in [0.05, 0.1) is 5.56 Å². The summed E-state index contributed by atoms with van der Waals surface area (Å²) < 4.78 is 5.36. The molecule has 5 heteroatoms. The van der Waals surface area contributed by atoms with Gasteiger partial charge in [-0.2, -0.15) is 4.98 Å². The fourth-order valence-electron chi connectivity index (χ4n) is 2.11. The summed E-state index contributed by atoms with van der Waals surface area (Å²) in [6.45, 7) is 0. The molecule has 0 fully saturated rings. The fraction of sp³-hybridized carbons (Fsp3) is 0.125. The number of nitrogens with one attached hydrogen (secondary N) is 1. The first-order valence-electron chi connectivity index (χ1n) is 6.60. The lowest BCUT2D eigenvalue weighted by molar-refractivity contribution is 0.424. The van der Waals surface area contributed by atoms with Gasteiger partial charge in [0.15, 0.2) is 5.82 Å². The smallest absolute Gasteiger partial charge is 0.260 e. The molecule has 0 radical (unpaired) electrons. The molecular weight excluding hydrogens is 286 g/mol. The van der Waals surface area contributed by atoms with E-state index < -0.39 is 0 Å². The summed E-state index contributed by atoms with van der Waals surface area (Å²) in [6, 6.07) is 15.4. The topological polar surface area (TPSA) is 51.0 Å². The van der Waals surface area contributed by atoms with Gasteiger partial charge >= 0.3 is 0 Å². The maximum atomic E-state index is 5.88. The highest BCUT2D eigenvalue weighted by molar-refractivity contribution is 6.30. The number of anilines is 1. The lowest BCUT2D eigenvalue weighted by atomic mass is 10.1. The SMILES string of the molecule is CNc1ccccc1-c1nc(Cc2ccc(Cl)cc2)no1. The van der Waals surface area contributed by atoms with Gasteiger partial charge in [0.2, 0.25) is 0 Å². The number of halogens is 1. The lowest BCUT2D eigenvalue weighted by Crippen LogP contribution is -1.93. The average Bonchev–Trinajstić information content (AvgIpc) is 2.98. The number of aromatic nitrogens is 2. The van der Waals surface area contributed by atoms with E-state index in [1.807, 2.05) is 55.6 Å². The molecular formula is C16H14ClN3O. The zero-order valence-corrected chi connectivity index (χ0v) is 12.3. The van der Waals surface area contributed by atoms with Gasteiger partial charge < -0.3 is 9.84 Å². The van der Waals surface area contributed by atoms with Crippen molar-refractivity contribution in [3.05, 3.63) is 64.9 Å². The van der Waals surface area contributed by atoms with Crippen LogP contribution in [0.25, 0.3) is 11.5 Å². The molecule has 1 aromatic heterocycles. The van der Waals surface area contributed by atoms with Crippen LogP contribution in [0, 0.1) is 0 Å². The minimum atomic E-state index is 0.518. The van der Waals surface area contributed by atoms with Crippen LogP contribution in [-0.4, -0.2) is 17.2 Å². The lowest BCUT2D eigenvalue weighted by Gasteiger charge is -2.03. The van der Waals surface area contributed by atoms with Crippen molar-refractivity contribution in [1.29, 1.82) is 0 Å². The predicted octanol–water partition coefficient (Wildman–Crippen LogP) is 4.02. The highest BCUT2D eigenvalue weighted by atomic mass is 35.5. The Kier molecular flexibility index (Phi) is 3.88. The second kappa shape index (κ2) is 5.97. The number of rotatable bonds is 4. The van der Waals surface area contributed by atoms with Crippen LogP contribution < -0.4 is 5.32 Å². The molecule has 0 spiro atoms. The molecule has 3 aromatic rings. The molecule has 1 N–H and O–H groups in total. The normalized spacial score (nSPS) is 10.6. The highest BCUT2D eigenvalue weighted by Crippen LogP contribution is 2.26. The van der Waals surface area contributed by atoms with Gasteiger partial charge in [0.1, 0.15) is 0 Å². The maximum Gasteiger partial charge on any atom is 0.260 e. The monoisotopic (exact) mass is 299 g/mol. The van der Waals surface area contributed by atoms with E-state index in [-0.39, 0.29) is 0 Å². The van der Waals surface area contributed by atoms with E-state index in [4.69, 9.17) is 16.1 Å². The van der Waals surface area contributed by atoms with Crippen LogP contribution in [0.4, 0.5) is 5.69 Å². The minimum absolute atomic E-state index is 0.518. The molecule has 3 rings (SSSR count). The molecule has 106 valence electrons. The van der Waals surface area contributed by atoms with Crippen molar-refractivity contribution < 1.29 is 4.52 Å². The number of hydrogen-bond acceptors (Lipinski definition) is 4. The summed E-state index contributed by atoms with van der Waals surface area (Å²) in [5.74, 6) is 1.17. The quantitative estimate of drug-likeness (QED) is 0.790. The number of benzene rings is 2. The third-order valence-electron chi connectivity index (χ3n) is 3.17. The Hall–Kier alpha value is -2.33. The zero-order valence-electron chi connectivity index (χ0n) is 11.5. The molecule has 4 nitrogen and oxygen atoms in total. The van der Waals surface area contributed by atoms with Crippen LogP contribution in [-0.2, 0) is 6.42 Å². The van der Waals surface area contributed by atoms with Crippen LogP contribution in [0.15, 0.2) is 53.1 Å². The van der Waals surface area contributed by atoms with Crippen molar-refractivity contribution >= 4 is 17.3 Å². The molecule has 0 atom stereocenters. The number of hydrogen-bond donors (Lipinski definition) is 1. The van der Waals surface area contributed by atoms with E-state index in [2.05, 4.69) is 15.5 Å². The van der Waals surface area contributed by atoms with Crippen molar-refractivity contribution in [3.63, 3.8) is 0 Å². The van der Waals surface area contributed by atoms with E-state index in [9.17, 15) is 0 Å². The van der Waals surface area contributed by atoms with Crippen LogP contribution in [0.2, 0.25) is 5.02 Å². The van der Waals surface area contributed by atoms with E-state index in [0.29, 0.717) is 18.1 Å². The van der Waals surface area contributed by atoms with Crippen molar-refractivity contribution in [3.8, 4) is 11.5 Å². The van der Waals surface area contributed by atoms with Gasteiger partial charge in [0, 0.05) is 24.2 Å². The predicted molar refractivity (Wildman–Crippen MR) is 83.5 cm³/mol. The van der Waals surface area contributed by atoms with Gasteiger partial charge in [-0.1, -0.05) is 41.0 Å². The summed E-state index contributed by atoms with van der Waals surface area (Å²) in [7, 11) is 1.86. The molecule has 0 aliphatic carbocycles. The molecule has 0 amide bonds. The largest absolute Gasteiger partial charge is 0.387 e. The second-order valence-corrected chi connectivity index (χ2v) is 5.05. The second-order valence-electron chi connectivity index (χ2n) is 4.61. The Balaban J connectivity index is 1.84. The van der Waals surface area contributed by atoms with Crippen LogP contribution in [0.3, 0.4) is 0 Å². The Morgan fingerprint density at radius 2 is 1.86 bits per heavy atom. The van der Waals surface area contributed by atoms with E-state index in [1.165, 1.54) is 0 Å². The van der Waals surface area contributed by atoms with Gasteiger partial charge in [-0.25, -0.2) is 0 Å². The summed E-state index contributed by atoms with van der Waals surface area (Å²) in [4.78, 5) is 4.46. The first-order valence-corrected chi connectivity index (χ1v) is 6.98. The third-order valence-corrected chi connectivity index (χ3v) is 3.42. The average molecular weight is 300 g/mol. The Bertz CT molecular complexity index is 737. The first kappa shape index (κ1) is 13.6. The van der Waals surface area contributed by atoms with Crippen molar-refractivity contribution in [2.45, 2.75) is 6.42 Å². The fourth-order valence-corrected chi connectivity index (χ4v) is 2.23. The van der Waals surface area contributed by atoms with Crippen molar-refractivity contribution in [2.75, 3.05) is 12.4 Å². The summed E-state index contributed by atoms with van der Waals surface area (Å²) in [6.07, 6.45) is 0.613. The van der Waals surface area contributed by atoms with E-state index in [1.54, 1.807) is 0 Å². The molecule has 0 aliphatic rings. The summed E-state index contributed by atoms with van der Waals surface area (Å²) >= 11 is 5.88. The van der Waals surface area contributed by atoms with E-state index >= 15 is 0 Å². The van der Waals surface area contributed by atoms with Gasteiger partial charge in [-0.05, 0) is 29.8 Å². The molecule has 0 saturated carbocycles. The molecule has 0 aliphatic heterocycles. The Morgan fingerprint density at radius 3 is 2.62 bits per heavy atom. The van der Waals surface area contributed by atoms with Crippen molar-refractivity contribution in [1.82, 2.24) is 10.1 Å². The van der Waals surface area contributed by atoms with Gasteiger partial charge in [-0.3, -0.25) is 0 Å². The van der Waals surface area contributed by atoms with E-state index in [0.717, 1.165) is 21.8 Å². The molecule has 1 heterocycles. The Morgan fingerprint density at radius 1 is 1.10 bits per heavy atom. The van der Waals surface area contributed by atoms with Crippen molar-refractivity contribution in [2.24, 2.45) is 0 Å².